The lowest BCUT2D eigenvalue weighted by atomic mass is 10.2. The van der Waals surface area contributed by atoms with Gasteiger partial charge in [-0.05, 0) is 46.3 Å². The summed E-state index contributed by atoms with van der Waals surface area (Å²) in [5, 5.41) is 2.64. The van der Waals surface area contributed by atoms with Crippen LogP contribution in [0.2, 0.25) is 0 Å². The van der Waals surface area contributed by atoms with Gasteiger partial charge in [0, 0.05) is 11.0 Å². The fraction of sp³-hybridized carbons (Fsp3) is 0.0588. The zero-order chi connectivity index (χ0) is 18.7. The van der Waals surface area contributed by atoms with E-state index in [1.165, 1.54) is 24.3 Å². The van der Waals surface area contributed by atoms with Gasteiger partial charge in [-0.2, -0.15) is 0 Å². The predicted molar refractivity (Wildman–Crippen MR) is 104 cm³/mol. The molecule has 0 saturated heterocycles. The van der Waals surface area contributed by atoms with E-state index in [4.69, 9.17) is 0 Å². The minimum atomic E-state index is -3.73. The van der Waals surface area contributed by atoms with Crippen LogP contribution >= 0.6 is 15.9 Å². The number of hydrogen-bond acceptors (Lipinski definition) is 4. The highest BCUT2D eigenvalue weighted by Gasteiger charge is 2.19. The van der Waals surface area contributed by atoms with E-state index in [9.17, 15) is 13.2 Å². The third-order valence-electron chi connectivity index (χ3n) is 3.53. The number of anilines is 1. The number of amides is 1. The zero-order valence-corrected chi connectivity index (χ0v) is 15.9. The second-order valence-corrected chi connectivity index (χ2v) is 7.96. The number of nitrogens with one attached hydrogen (secondary N) is 3. The Morgan fingerprint density at radius 3 is 2.77 bits per heavy atom. The van der Waals surface area contributed by atoms with Crippen LogP contribution in [0, 0.1) is 0 Å². The van der Waals surface area contributed by atoms with Crippen molar-refractivity contribution < 1.29 is 13.2 Å². The molecule has 3 N–H and O–H groups in total. The first kappa shape index (κ1) is 18.3. The van der Waals surface area contributed by atoms with Gasteiger partial charge in [0.25, 0.3) is 5.91 Å². The van der Waals surface area contributed by atoms with Crippen LogP contribution < -0.4 is 10.0 Å². The summed E-state index contributed by atoms with van der Waals surface area (Å²) < 4.78 is 27.3. The minimum Gasteiger partial charge on any atom is -0.324 e. The highest BCUT2D eigenvalue weighted by atomic mass is 79.9. The van der Waals surface area contributed by atoms with Crippen molar-refractivity contribution in [2.45, 2.75) is 4.90 Å². The van der Waals surface area contributed by atoms with Gasteiger partial charge in [0.1, 0.15) is 0 Å². The van der Waals surface area contributed by atoms with Gasteiger partial charge in [-0.1, -0.05) is 18.2 Å². The lowest BCUT2D eigenvalue weighted by molar-refractivity contribution is 0.102. The van der Waals surface area contributed by atoms with Gasteiger partial charge in [0.15, 0.2) is 0 Å². The quantitative estimate of drug-likeness (QED) is 0.518. The van der Waals surface area contributed by atoms with Crippen molar-refractivity contribution >= 4 is 48.8 Å². The Hall–Kier alpha value is -2.49. The van der Waals surface area contributed by atoms with E-state index in [0.717, 1.165) is 5.52 Å². The van der Waals surface area contributed by atoms with Crippen LogP contribution in [-0.2, 0) is 10.0 Å². The Morgan fingerprint density at radius 1 is 1.27 bits per heavy atom. The highest BCUT2D eigenvalue weighted by molar-refractivity contribution is 9.10. The fourth-order valence-corrected chi connectivity index (χ4v) is 3.74. The monoisotopic (exact) mass is 434 g/mol. The Morgan fingerprint density at radius 2 is 2.04 bits per heavy atom. The average molecular weight is 435 g/mol. The topological polar surface area (TPSA) is 104 Å². The van der Waals surface area contributed by atoms with Crippen LogP contribution in [-0.4, -0.2) is 30.8 Å². The van der Waals surface area contributed by atoms with Gasteiger partial charge >= 0.3 is 0 Å². The second-order valence-electron chi connectivity index (χ2n) is 5.34. The molecule has 0 aliphatic heterocycles. The molecule has 0 saturated carbocycles. The van der Waals surface area contributed by atoms with Crippen molar-refractivity contribution in [3.8, 4) is 0 Å². The maximum atomic E-state index is 12.6. The summed E-state index contributed by atoms with van der Waals surface area (Å²) in [5.74, 6) is -0.210. The van der Waals surface area contributed by atoms with Crippen LogP contribution in [0.25, 0.3) is 11.0 Å². The fourth-order valence-electron chi connectivity index (χ4n) is 2.28. The van der Waals surface area contributed by atoms with E-state index in [0.29, 0.717) is 9.99 Å². The molecular formula is C17H15BrN4O3S. The van der Waals surface area contributed by atoms with Gasteiger partial charge in [-0.25, -0.2) is 18.1 Å². The lowest BCUT2D eigenvalue weighted by Gasteiger charge is -2.09. The van der Waals surface area contributed by atoms with Gasteiger partial charge < -0.3 is 4.98 Å². The first-order valence-corrected chi connectivity index (χ1v) is 9.84. The van der Waals surface area contributed by atoms with E-state index in [-0.39, 0.29) is 23.0 Å². The summed E-state index contributed by atoms with van der Waals surface area (Å²) in [6, 6.07) is 11.6. The number of halogens is 1. The Labute approximate surface area is 158 Å². The molecule has 1 aromatic heterocycles. The number of hydrogen-bond donors (Lipinski definition) is 3. The molecule has 0 spiro atoms. The number of sulfonamides is 1. The van der Waals surface area contributed by atoms with Crippen LogP contribution in [0.15, 0.2) is 64.5 Å². The van der Waals surface area contributed by atoms with Crippen molar-refractivity contribution in [1.29, 1.82) is 0 Å². The van der Waals surface area contributed by atoms with Gasteiger partial charge in [0.05, 0.1) is 21.5 Å². The van der Waals surface area contributed by atoms with Crippen molar-refractivity contribution in [1.82, 2.24) is 14.7 Å². The molecule has 2 aromatic carbocycles. The molecule has 7 nitrogen and oxygen atoms in total. The average Bonchev–Trinajstić information content (AvgIpc) is 3.02. The summed E-state index contributed by atoms with van der Waals surface area (Å²) in [6.07, 6.45) is 1.44. The minimum absolute atomic E-state index is 0.0164. The number of aromatic amines is 1. The molecule has 26 heavy (non-hydrogen) atoms. The van der Waals surface area contributed by atoms with Crippen molar-refractivity contribution in [3.63, 3.8) is 0 Å². The molecule has 3 rings (SSSR count). The molecule has 0 radical (unpaired) electrons. The maximum Gasteiger partial charge on any atom is 0.259 e. The third-order valence-corrected chi connectivity index (χ3v) is 5.64. The molecule has 1 heterocycles. The van der Waals surface area contributed by atoms with Crippen molar-refractivity contribution in [2.24, 2.45) is 0 Å². The van der Waals surface area contributed by atoms with Gasteiger partial charge in [-0.15, -0.1) is 6.58 Å². The molecule has 0 aliphatic rings. The van der Waals surface area contributed by atoms with Crippen LogP contribution in [0.5, 0.6) is 0 Å². The van der Waals surface area contributed by atoms with Gasteiger partial charge in [0.2, 0.25) is 16.0 Å². The van der Waals surface area contributed by atoms with Crippen LogP contribution in [0.1, 0.15) is 10.4 Å². The van der Waals surface area contributed by atoms with Gasteiger partial charge in [-0.3, -0.25) is 10.1 Å². The molecule has 0 aliphatic carbocycles. The molecule has 9 heteroatoms. The Bertz CT molecular complexity index is 1060. The molecule has 0 unspecified atom stereocenters. The second kappa shape index (κ2) is 7.40. The molecule has 1 amide bonds. The first-order chi connectivity index (χ1) is 12.4. The largest absolute Gasteiger partial charge is 0.324 e. The number of aromatic nitrogens is 2. The lowest BCUT2D eigenvalue weighted by Crippen LogP contribution is -2.24. The molecular weight excluding hydrogens is 420 g/mol. The SMILES string of the molecule is C=CCNS(=O)(=O)c1ccc(Br)c(C(=O)Nc2nc3ccccc3[nH]2)c1. The Balaban J connectivity index is 1.89. The standard InChI is InChI=1S/C17H15BrN4O3S/c1-2-9-19-26(24,25)11-7-8-13(18)12(10-11)16(23)22-17-20-14-5-3-4-6-15(14)21-17/h2-8,10,19H,1,9H2,(H2,20,21,22,23). The number of para-hydroxylation sites is 2. The Kier molecular flexibility index (Phi) is 5.21. The van der Waals surface area contributed by atoms with E-state index >= 15 is 0 Å². The number of fused-ring (bicyclic) bond motifs is 1. The number of nitrogens with zero attached hydrogens (tertiary/aromatic N) is 1. The number of rotatable bonds is 6. The van der Waals surface area contributed by atoms with Crippen molar-refractivity contribution in [2.75, 3.05) is 11.9 Å². The molecule has 0 fully saturated rings. The van der Waals surface area contributed by atoms with Crippen LogP contribution in [0.4, 0.5) is 5.95 Å². The molecule has 0 atom stereocenters. The number of carbonyl (C=O) groups is 1. The smallest absolute Gasteiger partial charge is 0.259 e. The summed E-state index contributed by atoms with van der Waals surface area (Å²) in [6.45, 7) is 3.57. The van der Waals surface area contributed by atoms with Crippen LogP contribution in [0.3, 0.4) is 0 Å². The highest BCUT2D eigenvalue weighted by Crippen LogP contribution is 2.22. The first-order valence-electron chi connectivity index (χ1n) is 7.57. The van der Waals surface area contributed by atoms with E-state index < -0.39 is 15.9 Å². The summed E-state index contributed by atoms with van der Waals surface area (Å²) in [5.41, 5.74) is 1.67. The molecule has 3 aromatic rings. The number of H-pyrrole nitrogens is 1. The third kappa shape index (κ3) is 3.85. The maximum absolute atomic E-state index is 12.6. The van der Waals surface area contributed by atoms with E-state index in [2.05, 4.69) is 42.5 Å². The zero-order valence-electron chi connectivity index (χ0n) is 13.5. The summed E-state index contributed by atoms with van der Waals surface area (Å²) in [7, 11) is -3.73. The number of imidazole rings is 1. The summed E-state index contributed by atoms with van der Waals surface area (Å²) in [4.78, 5) is 19.8. The normalized spacial score (nSPS) is 11.4. The number of benzene rings is 2. The number of carbonyl (C=O) groups excluding carboxylic acids is 1. The molecule has 0 bridgehead atoms. The molecule has 134 valence electrons. The van der Waals surface area contributed by atoms with E-state index in [1.807, 2.05) is 24.3 Å². The van der Waals surface area contributed by atoms with E-state index in [1.54, 1.807) is 0 Å². The predicted octanol–water partition coefficient (Wildman–Crippen LogP) is 3.04. The van der Waals surface area contributed by atoms with Crippen molar-refractivity contribution in [3.05, 3.63) is 65.2 Å². The summed E-state index contributed by atoms with van der Waals surface area (Å²) >= 11 is 3.28.